The molecule has 0 bridgehead atoms. The van der Waals surface area contributed by atoms with Crippen LogP contribution in [0.4, 0.5) is 8.78 Å². The summed E-state index contributed by atoms with van der Waals surface area (Å²) in [5.74, 6) is -2.53. The molecule has 0 aliphatic heterocycles. The van der Waals surface area contributed by atoms with Crippen molar-refractivity contribution in [3.05, 3.63) is 29.3 Å². The lowest BCUT2D eigenvalue weighted by Crippen LogP contribution is -2.30. The molecule has 0 aromatic heterocycles. The average molecular weight is 284 g/mol. The van der Waals surface area contributed by atoms with Crippen LogP contribution in [0.2, 0.25) is 0 Å². The maximum atomic E-state index is 13.7. The van der Waals surface area contributed by atoms with Crippen LogP contribution < -0.4 is 15.8 Å². The van der Waals surface area contributed by atoms with Crippen LogP contribution in [-0.2, 0) is 11.2 Å². The Balaban J connectivity index is 1.98. The van der Waals surface area contributed by atoms with Gasteiger partial charge in [-0.2, -0.15) is 0 Å². The van der Waals surface area contributed by atoms with E-state index in [-0.39, 0.29) is 18.0 Å². The lowest BCUT2D eigenvalue weighted by Gasteiger charge is -2.11. The Morgan fingerprint density at radius 1 is 1.45 bits per heavy atom. The molecule has 1 saturated carbocycles. The van der Waals surface area contributed by atoms with Gasteiger partial charge in [0.25, 0.3) is 5.91 Å². The van der Waals surface area contributed by atoms with E-state index in [1.165, 1.54) is 12.1 Å². The highest BCUT2D eigenvalue weighted by molar-refractivity contribution is 5.78. The SMILES string of the molecule is CC(N)Cc1cc(F)c(OCC(=O)NC2CC2)c(F)c1. The molecule has 1 fully saturated rings. The Bertz CT molecular complexity index is 479. The predicted octanol–water partition coefficient (Wildman–Crippen LogP) is 1.51. The molecule has 1 amide bonds. The zero-order chi connectivity index (χ0) is 14.7. The second kappa shape index (κ2) is 6.17. The Hall–Kier alpha value is -1.69. The zero-order valence-electron chi connectivity index (χ0n) is 11.3. The number of hydrogen-bond acceptors (Lipinski definition) is 3. The van der Waals surface area contributed by atoms with E-state index in [0.29, 0.717) is 12.0 Å². The van der Waals surface area contributed by atoms with Gasteiger partial charge in [-0.15, -0.1) is 0 Å². The smallest absolute Gasteiger partial charge is 0.258 e. The number of carbonyl (C=O) groups is 1. The number of carbonyl (C=O) groups excluding carboxylic acids is 1. The minimum Gasteiger partial charge on any atom is -0.478 e. The minimum atomic E-state index is -0.820. The highest BCUT2D eigenvalue weighted by Crippen LogP contribution is 2.24. The summed E-state index contributed by atoms with van der Waals surface area (Å²) >= 11 is 0. The number of ether oxygens (including phenoxy) is 1. The molecule has 110 valence electrons. The van der Waals surface area contributed by atoms with E-state index in [1.54, 1.807) is 6.92 Å². The van der Waals surface area contributed by atoms with Crippen molar-refractivity contribution in [3.63, 3.8) is 0 Å². The van der Waals surface area contributed by atoms with Crippen molar-refractivity contribution < 1.29 is 18.3 Å². The van der Waals surface area contributed by atoms with Gasteiger partial charge >= 0.3 is 0 Å². The van der Waals surface area contributed by atoms with Crippen molar-refractivity contribution in [3.8, 4) is 5.75 Å². The molecule has 0 heterocycles. The molecule has 6 heteroatoms. The summed E-state index contributed by atoms with van der Waals surface area (Å²) in [6, 6.07) is 2.36. The first kappa shape index (κ1) is 14.7. The summed E-state index contributed by atoms with van der Waals surface area (Å²) in [5, 5.41) is 2.68. The molecule has 2 rings (SSSR count). The molecule has 0 saturated heterocycles. The molecule has 1 aliphatic carbocycles. The lowest BCUT2D eigenvalue weighted by atomic mass is 10.1. The first-order chi connectivity index (χ1) is 9.45. The molecule has 1 aromatic rings. The number of hydrogen-bond donors (Lipinski definition) is 2. The monoisotopic (exact) mass is 284 g/mol. The van der Waals surface area contributed by atoms with Crippen molar-refractivity contribution in [1.82, 2.24) is 5.32 Å². The molecule has 4 nitrogen and oxygen atoms in total. The van der Waals surface area contributed by atoms with Crippen molar-refractivity contribution >= 4 is 5.91 Å². The topological polar surface area (TPSA) is 64.3 Å². The van der Waals surface area contributed by atoms with E-state index in [9.17, 15) is 13.6 Å². The van der Waals surface area contributed by atoms with Gasteiger partial charge in [0.1, 0.15) is 0 Å². The van der Waals surface area contributed by atoms with Gasteiger partial charge in [0.2, 0.25) is 0 Å². The highest BCUT2D eigenvalue weighted by Gasteiger charge is 2.23. The van der Waals surface area contributed by atoms with E-state index in [2.05, 4.69) is 5.32 Å². The quantitative estimate of drug-likeness (QED) is 0.832. The van der Waals surface area contributed by atoms with Gasteiger partial charge in [0, 0.05) is 12.1 Å². The molecule has 20 heavy (non-hydrogen) atoms. The molecule has 0 spiro atoms. The predicted molar refractivity (Wildman–Crippen MR) is 70.4 cm³/mol. The Morgan fingerprint density at radius 2 is 2.05 bits per heavy atom. The molecule has 1 atom stereocenters. The second-order valence-electron chi connectivity index (χ2n) is 5.20. The lowest BCUT2D eigenvalue weighted by molar-refractivity contribution is -0.123. The first-order valence-electron chi connectivity index (χ1n) is 6.61. The molecule has 0 radical (unpaired) electrons. The van der Waals surface area contributed by atoms with Crippen molar-refractivity contribution in [2.24, 2.45) is 5.73 Å². The van der Waals surface area contributed by atoms with Gasteiger partial charge in [-0.1, -0.05) is 0 Å². The molecule has 1 aliphatic rings. The number of halogens is 2. The molecule has 3 N–H and O–H groups in total. The van der Waals surface area contributed by atoms with Crippen LogP contribution in [0.3, 0.4) is 0 Å². The van der Waals surface area contributed by atoms with Crippen LogP contribution in [0.5, 0.6) is 5.75 Å². The summed E-state index contributed by atoms with van der Waals surface area (Å²) in [4.78, 5) is 11.4. The third kappa shape index (κ3) is 4.16. The Morgan fingerprint density at radius 3 is 2.55 bits per heavy atom. The van der Waals surface area contributed by atoms with Gasteiger partial charge in [-0.3, -0.25) is 4.79 Å². The van der Waals surface area contributed by atoms with E-state index < -0.39 is 24.0 Å². The van der Waals surface area contributed by atoms with Crippen LogP contribution in [0.1, 0.15) is 25.3 Å². The molecular formula is C14H18F2N2O2. The fourth-order valence-electron chi connectivity index (χ4n) is 1.87. The van der Waals surface area contributed by atoms with Crippen LogP contribution in [-0.4, -0.2) is 24.6 Å². The number of rotatable bonds is 6. The summed E-state index contributed by atoms with van der Waals surface area (Å²) in [7, 11) is 0. The Kier molecular flexibility index (Phi) is 4.54. The third-order valence-corrected chi connectivity index (χ3v) is 2.91. The van der Waals surface area contributed by atoms with Crippen molar-refractivity contribution in [2.45, 2.75) is 38.3 Å². The standard InChI is InChI=1S/C14H18F2N2O2/c1-8(17)4-9-5-11(15)14(12(16)6-9)20-7-13(19)18-10-2-3-10/h5-6,8,10H,2-4,7,17H2,1H3,(H,18,19). The van der Waals surface area contributed by atoms with Gasteiger partial charge < -0.3 is 15.8 Å². The van der Waals surface area contributed by atoms with E-state index in [1.807, 2.05) is 0 Å². The number of amides is 1. The van der Waals surface area contributed by atoms with Gasteiger partial charge in [0.15, 0.2) is 24.0 Å². The second-order valence-corrected chi connectivity index (χ2v) is 5.20. The summed E-state index contributed by atoms with van der Waals surface area (Å²) in [6.45, 7) is 1.36. The minimum absolute atomic E-state index is 0.189. The normalized spacial score (nSPS) is 15.8. The maximum Gasteiger partial charge on any atom is 0.258 e. The van der Waals surface area contributed by atoms with E-state index in [0.717, 1.165) is 12.8 Å². The third-order valence-electron chi connectivity index (χ3n) is 2.91. The number of nitrogens with two attached hydrogens (primary N) is 1. The van der Waals surface area contributed by atoms with E-state index >= 15 is 0 Å². The summed E-state index contributed by atoms with van der Waals surface area (Å²) in [5.41, 5.74) is 6.05. The van der Waals surface area contributed by atoms with Crippen molar-refractivity contribution in [1.29, 1.82) is 0 Å². The largest absolute Gasteiger partial charge is 0.478 e. The molecule has 1 aromatic carbocycles. The van der Waals surface area contributed by atoms with E-state index in [4.69, 9.17) is 10.5 Å². The highest BCUT2D eigenvalue weighted by atomic mass is 19.1. The summed E-state index contributed by atoms with van der Waals surface area (Å²) in [6.07, 6.45) is 2.26. The fourth-order valence-corrected chi connectivity index (χ4v) is 1.87. The van der Waals surface area contributed by atoms with Crippen LogP contribution >= 0.6 is 0 Å². The molecule has 1 unspecified atom stereocenters. The molecular weight excluding hydrogens is 266 g/mol. The Labute approximate surface area is 116 Å². The van der Waals surface area contributed by atoms with Gasteiger partial charge in [-0.25, -0.2) is 8.78 Å². The van der Waals surface area contributed by atoms with Crippen molar-refractivity contribution in [2.75, 3.05) is 6.61 Å². The van der Waals surface area contributed by atoms with Crippen LogP contribution in [0.15, 0.2) is 12.1 Å². The zero-order valence-corrected chi connectivity index (χ0v) is 11.3. The first-order valence-corrected chi connectivity index (χ1v) is 6.61. The van der Waals surface area contributed by atoms with Gasteiger partial charge in [-0.05, 0) is 43.9 Å². The number of nitrogens with one attached hydrogen (secondary N) is 1. The fraction of sp³-hybridized carbons (Fsp3) is 0.500. The number of benzene rings is 1. The summed E-state index contributed by atoms with van der Waals surface area (Å²) < 4.78 is 32.4. The van der Waals surface area contributed by atoms with Gasteiger partial charge in [0.05, 0.1) is 0 Å². The average Bonchev–Trinajstić information content (AvgIpc) is 3.10. The van der Waals surface area contributed by atoms with Crippen LogP contribution in [0, 0.1) is 11.6 Å². The maximum absolute atomic E-state index is 13.7. The van der Waals surface area contributed by atoms with Crippen LogP contribution in [0.25, 0.3) is 0 Å².